The van der Waals surface area contributed by atoms with Gasteiger partial charge in [-0.25, -0.2) is 0 Å². The lowest BCUT2D eigenvalue weighted by atomic mass is 10.1. The number of carbonyl (C=O) groups excluding carboxylic acids is 1. The van der Waals surface area contributed by atoms with Crippen LogP contribution in [0.4, 0.5) is 0 Å². The minimum Gasteiger partial charge on any atom is -0.481 e. The molecule has 0 aliphatic carbocycles. The zero-order valence-corrected chi connectivity index (χ0v) is 11.4. The molecule has 1 unspecified atom stereocenters. The third-order valence-corrected chi connectivity index (χ3v) is 3.74. The molecule has 1 N–H and O–H groups in total. The Morgan fingerprint density at radius 3 is 3.05 bits per heavy atom. The third kappa shape index (κ3) is 3.07. The first-order valence-electron chi connectivity index (χ1n) is 6.05. The topological polar surface area (TPSA) is 92.6 Å². The number of nitrogens with zero attached hydrogens (tertiary/aromatic N) is 3. The van der Waals surface area contributed by atoms with Crippen molar-refractivity contribution in [2.75, 3.05) is 19.8 Å². The van der Waals surface area contributed by atoms with E-state index in [1.807, 2.05) is 6.92 Å². The fourth-order valence-electron chi connectivity index (χ4n) is 2.03. The summed E-state index contributed by atoms with van der Waals surface area (Å²) in [6.07, 6.45) is 0.519. The number of hydrogen-bond donors (Lipinski definition) is 1. The van der Waals surface area contributed by atoms with Crippen LogP contribution in [-0.4, -0.2) is 57.3 Å². The van der Waals surface area contributed by atoms with Crippen molar-refractivity contribution in [2.45, 2.75) is 25.8 Å². The number of hydrogen-bond acceptors (Lipinski definition) is 6. The van der Waals surface area contributed by atoms with E-state index in [4.69, 9.17) is 9.84 Å². The van der Waals surface area contributed by atoms with Crippen LogP contribution in [0.2, 0.25) is 0 Å². The van der Waals surface area contributed by atoms with Gasteiger partial charge < -0.3 is 14.7 Å². The number of carboxylic acids is 1. The Bertz CT molecular complexity index is 476. The highest BCUT2D eigenvalue weighted by molar-refractivity contribution is 7.08. The van der Waals surface area contributed by atoms with Crippen LogP contribution in [0.15, 0.2) is 0 Å². The van der Waals surface area contributed by atoms with Gasteiger partial charge in [-0.3, -0.25) is 9.59 Å². The first kappa shape index (κ1) is 13.9. The van der Waals surface area contributed by atoms with Crippen LogP contribution in [0.5, 0.6) is 0 Å². The number of ether oxygens (including phenoxy) is 1. The highest BCUT2D eigenvalue weighted by Gasteiger charge is 2.31. The number of rotatable bonds is 4. The Morgan fingerprint density at radius 2 is 2.37 bits per heavy atom. The molecule has 1 atom stereocenters. The lowest BCUT2D eigenvalue weighted by Crippen LogP contribution is -2.49. The van der Waals surface area contributed by atoms with Gasteiger partial charge in [0.15, 0.2) is 0 Å². The predicted octanol–water partition coefficient (Wildman–Crippen LogP) is 0.416. The van der Waals surface area contributed by atoms with Gasteiger partial charge in [-0.05, 0) is 18.0 Å². The number of carbonyl (C=O) groups is 2. The zero-order chi connectivity index (χ0) is 13.8. The molecule has 2 heterocycles. The molecule has 1 aliphatic rings. The zero-order valence-electron chi connectivity index (χ0n) is 10.5. The van der Waals surface area contributed by atoms with Gasteiger partial charge in [0.25, 0.3) is 5.91 Å². The average molecular weight is 285 g/mol. The molecule has 1 aliphatic heterocycles. The van der Waals surface area contributed by atoms with Crippen molar-refractivity contribution in [2.24, 2.45) is 0 Å². The summed E-state index contributed by atoms with van der Waals surface area (Å²) in [6, 6.07) is -0.425. The number of morpholine rings is 1. The Kier molecular flexibility index (Phi) is 4.43. The molecule has 1 aromatic rings. The number of aliphatic carboxylic acids is 1. The van der Waals surface area contributed by atoms with Crippen LogP contribution >= 0.6 is 11.5 Å². The standard InChI is InChI=1S/C11H15N3O4S/c1-2-8-10(19-13-12-8)11(17)14-3-4-18-6-7(14)5-9(15)16/h7H,2-6H2,1H3,(H,15,16). The summed E-state index contributed by atoms with van der Waals surface area (Å²) in [5.74, 6) is -1.13. The van der Waals surface area contributed by atoms with Gasteiger partial charge in [0, 0.05) is 6.54 Å². The van der Waals surface area contributed by atoms with Gasteiger partial charge >= 0.3 is 5.97 Å². The Balaban J connectivity index is 2.17. The average Bonchev–Trinajstić information content (AvgIpc) is 2.86. The van der Waals surface area contributed by atoms with Gasteiger partial charge in [0.2, 0.25) is 0 Å². The van der Waals surface area contributed by atoms with Gasteiger partial charge in [-0.15, -0.1) is 5.10 Å². The lowest BCUT2D eigenvalue weighted by Gasteiger charge is -2.34. The predicted molar refractivity (Wildman–Crippen MR) is 67.2 cm³/mol. The van der Waals surface area contributed by atoms with Crippen LogP contribution in [0, 0.1) is 0 Å². The maximum absolute atomic E-state index is 12.4. The van der Waals surface area contributed by atoms with E-state index in [2.05, 4.69) is 9.59 Å². The molecule has 0 aromatic carbocycles. The molecule has 1 fully saturated rings. The molecule has 0 saturated carbocycles. The van der Waals surface area contributed by atoms with E-state index < -0.39 is 12.0 Å². The monoisotopic (exact) mass is 285 g/mol. The number of aryl methyl sites for hydroxylation is 1. The van der Waals surface area contributed by atoms with E-state index in [9.17, 15) is 9.59 Å². The summed E-state index contributed by atoms with van der Waals surface area (Å²) in [6.45, 7) is 2.99. The molecule has 1 aromatic heterocycles. The van der Waals surface area contributed by atoms with Gasteiger partial charge in [0.05, 0.1) is 31.4 Å². The van der Waals surface area contributed by atoms with E-state index in [0.29, 0.717) is 30.1 Å². The van der Waals surface area contributed by atoms with Crippen molar-refractivity contribution in [3.63, 3.8) is 0 Å². The highest BCUT2D eigenvalue weighted by atomic mass is 32.1. The third-order valence-electron chi connectivity index (χ3n) is 2.98. The second kappa shape index (κ2) is 6.07. The minimum atomic E-state index is -0.938. The molecular weight excluding hydrogens is 270 g/mol. The Labute approximate surface area is 114 Å². The summed E-state index contributed by atoms with van der Waals surface area (Å²) >= 11 is 1.06. The van der Waals surface area contributed by atoms with Crippen LogP contribution in [0.25, 0.3) is 0 Å². The molecule has 1 saturated heterocycles. The second-order valence-corrected chi connectivity index (χ2v) is 4.98. The molecule has 104 valence electrons. The fraction of sp³-hybridized carbons (Fsp3) is 0.636. The molecule has 2 rings (SSSR count). The van der Waals surface area contributed by atoms with Crippen molar-refractivity contribution < 1.29 is 19.4 Å². The number of carboxylic acid groups (broad SMARTS) is 1. The summed E-state index contributed by atoms with van der Waals surface area (Å²) in [7, 11) is 0. The highest BCUT2D eigenvalue weighted by Crippen LogP contribution is 2.19. The van der Waals surface area contributed by atoms with Crippen LogP contribution in [0.3, 0.4) is 0 Å². The van der Waals surface area contributed by atoms with Crippen LogP contribution in [0.1, 0.15) is 28.7 Å². The molecule has 7 nitrogen and oxygen atoms in total. The van der Waals surface area contributed by atoms with Crippen molar-refractivity contribution in [1.29, 1.82) is 0 Å². The fourth-order valence-corrected chi connectivity index (χ4v) is 2.73. The Hall–Kier alpha value is -1.54. The summed E-state index contributed by atoms with van der Waals surface area (Å²) in [5, 5.41) is 12.8. The lowest BCUT2D eigenvalue weighted by molar-refractivity contribution is -0.139. The number of aromatic nitrogens is 2. The van der Waals surface area contributed by atoms with Gasteiger partial charge in [-0.1, -0.05) is 11.4 Å². The van der Waals surface area contributed by atoms with E-state index in [1.54, 1.807) is 4.90 Å². The molecule has 19 heavy (non-hydrogen) atoms. The first-order chi connectivity index (χ1) is 9.13. The molecule has 0 radical (unpaired) electrons. The van der Waals surface area contributed by atoms with Crippen molar-refractivity contribution in [3.8, 4) is 0 Å². The van der Waals surface area contributed by atoms with Crippen molar-refractivity contribution in [1.82, 2.24) is 14.5 Å². The second-order valence-electron chi connectivity index (χ2n) is 4.23. The van der Waals surface area contributed by atoms with E-state index in [-0.39, 0.29) is 18.9 Å². The molecule has 8 heteroatoms. The van der Waals surface area contributed by atoms with Crippen molar-refractivity contribution in [3.05, 3.63) is 10.6 Å². The van der Waals surface area contributed by atoms with Crippen LogP contribution in [-0.2, 0) is 16.0 Å². The van der Waals surface area contributed by atoms with Gasteiger partial charge in [0.1, 0.15) is 4.88 Å². The molecule has 0 bridgehead atoms. The molecular formula is C11H15N3O4S. The minimum absolute atomic E-state index is 0.112. The normalized spacial score (nSPS) is 19.4. The smallest absolute Gasteiger partial charge is 0.305 e. The van der Waals surface area contributed by atoms with E-state index >= 15 is 0 Å². The summed E-state index contributed by atoms with van der Waals surface area (Å²) in [4.78, 5) is 25.3. The van der Waals surface area contributed by atoms with E-state index in [0.717, 1.165) is 11.5 Å². The first-order valence-corrected chi connectivity index (χ1v) is 6.82. The summed E-state index contributed by atoms with van der Waals surface area (Å²) < 4.78 is 9.04. The quantitative estimate of drug-likeness (QED) is 0.861. The SMILES string of the molecule is CCc1nnsc1C(=O)N1CCOCC1CC(=O)O. The van der Waals surface area contributed by atoms with Gasteiger partial charge in [-0.2, -0.15) is 0 Å². The number of amides is 1. The van der Waals surface area contributed by atoms with Crippen LogP contribution < -0.4 is 0 Å². The summed E-state index contributed by atoms with van der Waals surface area (Å²) in [5.41, 5.74) is 0.663. The maximum atomic E-state index is 12.4. The van der Waals surface area contributed by atoms with Crippen molar-refractivity contribution >= 4 is 23.4 Å². The largest absolute Gasteiger partial charge is 0.481 e. The molecule has 0 spiro atoms. The Morgan fingerprint density at radius 1 is 1.58 bits per heavy atom. The molecule has 1 amide bonds. The maximum Gasteiger partial charge on any atom is 0.305 e. The van der Waals surface area contributed by atoms with E-state index in [1.165, 1.54) is 0 Å².